The van der Waals surface area contributed by atoms with Gasteiger partial charge in [-0.05, 0) is 41.7 Å². The van der Waals surface area contributed by atoms with Crippen molar-refractivity contribution < 1.29 is 0 Å². The van der Waals surface area contributed by atoms with E-state index in [1.807, 2.05) is 11.8 Å². The average Bonchev–Trinajstić information content (AvgIpc) is 2.34. The van der Waals surface area contributed by atoms with Crippen LogP contribution < -0.4 is 5.32 Å². The first-order chi connectivity index (χ1) is 9.01. The minimum absolute atomic E-state index is 0.327. The van der Waals surface area contributed by atoms with E-state index in [4.69, 9.17) is 0 Å². The van der Waals surface area contributed by atoms with Gasteiger partial charge >= 0.3 is 0 Å². The first kappa shape index (κ1) is 12.6. The highest BCUT2D eigenvalue weighted by Crippen LogP contribution is 2.44. The van der Waals surface area contributed by atoms with E-state index in [0.717, 1.165) is 6.42 Å². The van der Waals surface area contributed by atoms with Crippen molar-refractivity contribution in [3.63, 3.8) is 0 Å². The third-order valence-corrected chi connectivity index (χ3v) is 4.31. The minimum atomic E-state index is 0.327. The summed E-state index contributed by atoms with van der Waals surface area (Å²) in [4.78, 5) is 2.62. The van der Waals surface area contributed by atoms with Gasteiger partial charge in [-0.1, -0.05) is 50.7 Å². The fourth-order valence-electron chi connectivity index (χ4n) is 2.41. The van der Waals surface area contributed by atoms with Crippen LogP contribution in [0.5, 0.6) is 0 Å². The van der Waals surface area contributed by atoms with E-state index in [1.54, 1.807) is 0 Å². The Labute approximate surface area is 119 Å². The molecule has 1 nitrogen and oxygen atoms in total. The predicted octanol–water partition coefficient (Wildman–Crippen LogP) is 5.48. The van der Waals surface area contributed by atoms with E-state index >= 15 is 0 Å². The second-order valence-electron chi connectivity index (χ2n) is 6.29. The molecule has 3 rings (SSSR count). The number of hydrogen-bond acceptors (Lipinski definition) is 2. The molecular weight excluding hydrogens is 250 g/mol. The van der Waals surface area contributed by atoms with Gasteiger partial charge in [0.15, 0.2) is 0 Å². The van der Waals surface area contributed by atoms with Crippen LogP contribution in [-0.4, -0.2) is 0 Å². The van der Waals surface area contributed by atoms with Gasteiger partial charge in [0.1, 0.15) is 0 Å². The molecule has 98 valence electrons. The molecule has 0 spiro atoms. The molecule has 2 heteroatoms. The Kier molecular flexibility index (Phi) is 3.06. The SMILES string of the molecule is CC(C)(C)Cc1ccc2c(c1)Nc1ccccc1S2. The van der Waals surface area contributed by atoms with Crippen LogP contribution in [0.15, 0.2) is 52.3 Å². The summed E-state index contributed by atoms with van der Waals surface area (Å²) >= 11 is 1.85. The fraction of sp³-hybridized carbons (Fsp3) is 0.294. The second-order valence-corrected chi connectivity index (χ2v) is 7.37. The Hall–Kier alpha value is -1.41. The lowest BCUT2D eigenvalue weighted by Crippen LogP contribution is -2.09. The van der Waals surface area contributed by atoms with Gasteiger partial charge in [-0.15, -0.1) is 0 Å². The van der Waals surface area contributed by atoms with Gasteiger partial charge in [-0.3, -0.25) is 0 Å². The lowest BCUT2D eigenvalue weighted by molar-refractivity contribution is 0.411. The highest BCUT2D eigenvalue weighted by atomic mass is 32.2. The van der Waals surface area contributed by atoms with Crippen LogP contribution >= 0.6 is 11.8 Å². The van der Waals surface area contributed by atoms with Crippen LogP contribution in [0.3, 0.4) is 0 Å². The normalized spacial score (nSPS) is 13.4. The highest BCUT2D eigenvalue weighted by molar-refractivity contribution is 7.99. The molecule has 2 aromatic rings. The number of nitrogens with one attached hydrogen (secondary N) is 1. The van der Waals surface area contributed by atoms with E-state index in [1.165, 1.54) is 26.7 Å². The summed E-state index contributed by atoms with van der Waals surface area (Å²) < 4.78 is 0. The average molecular weight is 269 g/mol. The van der Waals surface area contributed by atoms with Crippen LogP contribution in [0.25, 0.3) is 0 Å². The van der Waals surface area contributed by atoms with Crippen LogP contribution in [-0.2, 0) is 6.42 Å². The van der Waals surface area contributed by atoms with Crippen molar-refractivity contribution in [3.05, 3.63) is 48.0 Å². The quantitative estimate of drug-likeness (QED) is 0.627. The first-order valence-corrected chi connectivity index (χ1v) is 7.50. The van der Waals surface area contributed by atoms with Crippen molar-refractivity contribution in [2.75, 3.05) is 5.32 Å². The zero-order valence-corrected chi connectivity index (χ0v) is 12.5. The van der Waals surface area contributed by atoms with Crippen LogP contribution in [0.2, 0.25) is 0 Å². The monoisotopic (exact) mass is 269 g/mol. The topological polar surface area (TPSA) is 12.0 Å². The molecule has 0 saturated heterocycles. The molecule has 0 unspecified atom stereocenters. The van der Waals surface area contributed by atoms with Crippen molar-refractivity contribution in [1.29, 1.82) is 0 Å². The second kappa shape index (κ2) is 4.61. The molecule has 0 saturated carbocycles. The summed E-state index contributed by atoms with van der Waals surface area (Å²) in [6.45, 7) is 6.85. The van der Waals surface area contributed by atoms with Crippen LogP contribution in [0, 0.1) is 5.41 Å². The number of anilines is 2. The Morgan fingerprint density at radius 1 is 0.947 bits per heavy atom. The third-order valence-electron chi connectivity index (χ3n) is 3.15. The van der Waals surface area contributed by atoms with E-state index < -0.39 is 0 Å². The molecule has 0 radical (unpaired) electrons. The molecule has 1 aliphatic rings. The van der Waals surface area contributed by atoms with E-state index in [-0.39, 0.29) is 0 Å². The van der Waals surface area contributed by atoms with Crippen molar-refractivity contribution in [3.8, 4) is 0 Å². The Morgan fingerprint density at radius 2 is 1.68 bits per heavy atom. The van der Waals surface area contributed by atoms with Gasteiger partial charge in [0.05, 0.1) is 11.4 Å². The molecule has 1 aliphatic heterocycles. The molecule has 0 fully saturated rings. The number of benzene rings is 2. The van der Waals surface area contributed by atoms with E-state index in [0.29, 0.717) is 5.41 Å². The molecule has 0 aromatic heterocycles. The summed E-state index contributed by atoms with van der Waals surface area (Å²) in [7, 11) is 0. The molecule has 0 atom stereocenters. The summed E-state index contributed by atoms with van der Waals surface area (Å²) in [6, 6.07) is 15.3. The highest BCUT2D eigenvalue weighted by Gasteiger charge is 2.17. The van der Waals surface area contributed by atoms with Gasteiger partial charge in [-0.2, -0.15) is 0 Å². The summed E-state index contributed by atoms with van der Waals surface area (Å²) in [6.07, 6.45) is 1.11. The van der Waals surface area contributed by atoms with Crippen molar-refractivity contribution >= 4 is 23.1 Å². The molecule has 0 bridgehead atoms. The zero-order chi connectivity index (χ0) is 13.5. The standard InChI is InChI=1S/C17H19NS/c1-17(2,3)11-12-8-9-16-14(10-12)18-13-6-4-5-7-15(13)19-16/h4-10,18H,11H2,1-3H3. The number of hydrogen-bond donors (Lipinski definition) is 1. The largest absolute Gasteiger partial charge is 0.354 e. The van der Waals surface area contributed by atoms with Crippen LogP contribution in [0.4, 0.5) is 11.4 Å². The lowest BCUT2D eigenvalue weighted by Gasteiger charge is -2.23. The molecular formula is C17H19NS. The van der Waals surface area contributed by atoms with Gasteiger partial charge in [0, 0.05) is 9.79 Å². The van der Waals surface area contributed by atoms with Crippen molar-refractivity contribution in [1.82, 2.24) is 0 Å². The van der Waals surface area contributed by atoms with Gasteiger partial charge in [0.25, 0.3) is 0 Å². The third kappa shape index (κ3) is 2.79. The fourth-order valence-corrected chi connectivity index (χ4v) is 3.38. The summed E-state index contributed by atoms with van der Waals surface area (Å²) in [5.74, 6) is 0. The summed E-state index contributed by atoms with van der Waals surface area (Å²) in [5, 5.41) is 3.55. The maximum Gasteiger partial charge on any atom is 0.0529 e. The zero-order valence-electron chi connectivity index (χ0n) is 11.7. The van der Waals surface area contributed by atoms with Gasteiger partial charge in [-0.25, -0.2) is 0 Å². The molecule has 0 aliphatic carbocycles. The van der Waals surface area contributed by atoms with Gasteiger partial charge < -0.3 is 5.32 Å². The molecule has 2 aromatic carbocycles. The number of rotatable bonds is 1. The van der Waals surface area contributed by atoms with E-state index in [2.05, 4.69) is 68.6 Å². The van der Waals surface area contributed by atoms with Crippen LogP contribution in [0.1, 0.15) is 26.3 Å². The van der Waals surface area contributed by atoms with Gasteiger partial charge in [0.2, 0.25) is 0 Å². The maximum absolute atomic E-state index is 3.55. The Morgan fingerprint density at radius 3 is 2.47 bits per heavy atom. The molecule has 19 heavy (non-hydrogen) atoms. The Balaban J connectivity index is 1.92. The Bertz CT molecular complexity index is 611. The van der Waals surface area contributed by atoms with Crippen molar-refractivity contribution in [2.45, 2.75) is 37.0 Å². The minimum Gasteiger partial charge on any atom is -0.354 e. The number of para-hydroxylation sites is 1. The predicted molar refractivity (Wildman–Crippen MR) is 83.4 cm³/mol. The lowest BCUT2D eigenvalue weighted by atomic mass is 9.88. The summed E-state index contributed by atoms with van der Waals surface area (Å²) in [5.41, 5.74) is 4.19. The number of fused-ring (bicyclic) bond motifs is 2. The molecule has 1 N–H and O–H groups in total. The van der Waals surface area contributed by atoms with Crippen molar-refractivity contribution in [2.24, 2.45) is 5.41 Å². The maximum atomic E-state index is 3.55. The van der Waals surface area contributed by atoms with E-state index in [9.17, 15) is 0 Å². The molecule has 1 heterocycles. The molecule has 0 amide bonds. The smallest absolute Gasteiger partial charge is 0.0529 e. The first-order valence-electron chi connectivity index (χ1n) is 6.68.